The zero-order valence-electron chi connectivity index (χ0n) is 9.28. The van der Waals surface area contributed by atoms with Crippen molar-refractivity contribution in [2.45, 2.75) is 25.4 Å². The van der Waals surface area contributed by atoms with Gasteiger partial charge in [-0.3, -0.25) is 4.98 Å². The molecule has 0 bridgehead atoms. The molecule has 0 spiro atoms. The fourth-order valence-electron chi connectivity index (χ4n) is 2.50. The molecule has 1 aliphatic carbocycles. The van der Waals surface area contributed by atoms with Gasteiger partial charge in [0, 0.05) is 27.4 Å². The number of nitrogen functional groups attached to an aromatic ring is 1. The summed E-state index contributed by atoms with van der Waals surface area (Å²) in [6, 6.07) is 5.48. The lowest BCUT2D eigenvalue weighted by atomic mass is 9.90. The number of halogens is 1. The monoisotopic (exact) mass is 248 g/mol. The molecule has 1 heterocycles. The summed E-state index contributed by atoms with van der Waals surface area (Å²) in [7, 11) is 0. The van der Waals surface area contributed by atoms with Gasteiger partial charge in [0.25, 0.3) is 0 Å². The molecule has 17 heavy (non-hydrogen) atoms. The second-order valence-electron chi connectivity index (χ2n) is 4.46. The zero-order valence-corrected chi connectivity index (χ0v) is 10.0. The molecule has 0 saturated carbocycles. The van der Waals surface area contributed by atoms with Crippen LogP contribution >= 0.6 is 11.6 Å². The first-order valence-electron chi connectivity index (χ1n) is 5.72. The summed E-state index contributed by atoms with van der Waals surface area (Å²) in [5, 5.41) is 11.5. The van der Waals surface area contributed by atoms with Crippen molar-refractivity contribution >= 4 is 28.2 Å². The molecule has 0 aliphatic heterocycles. The minimum absolute atomic E-state index is 0.491. The number of nitrogens with zero attached hydrogens (tertiary/aromatic N) is 1. The third-order valence-corrected chi connectivity index (χ3v) is 3.56. The van der Waals surface area contributed by atoms with Crippen molar-refractivity contribution < 1.29 is 5.11 Å². The molecule has 88 valence electrons. The normalized spacial score (nSPS) is 19.3. The van der Waals surface area contributed by atoms with Crippen LogP contribution in [0.2, 0.25) is 5.02 Å². The van der Waals surface area contributed by atoms with Gasteiger partial charge in [0.05, 0.1) is 11.6 Å². The maximum absolute atomic E-state index is 10.0. The number of aliphatic hydroxyl groups is 1. The minimum Gasteiger partial charge on any atom is -0.398 e. The average Bonchev–Trinajstić information content (AvgIpc) is 2.30. The Kier molecular flexibility index (Phi) is 2.45. The van der Waals surface area contributed by atoms with E-state index in [1.807, 2.05) is 12.1 Å². The molecule has 0 saturated heterocycles. The van der Waals surface area contributed by atoms with Crippen LogP contribution in [0.25, 0.3) is 10.9 Å². The zero-order chi connectivity index (χ0) is 12.0. The first-order chi connectivity index (χ1) is 8.16. The van der Waals surface area contributed by atoms with E-state index in [0.717, 1.165) is 41.4 Å². The molecule has 3 nitrogen and oxygen atoms in total. The molecule has 1 aromatic carbocycles. The number of aryl methyl sites for hydroxylation is 1. The van der Waals surface area contributed by atoms with Crippen LogP contribution in [0.1, 0.15) is 30.2 Å². The van der Waals surface area contributed by atoms with Gasteiger partial charge in [-0.2, -0.15) is 0 Å². The second-order valence-corrected chi connectivity index (χ2v) is 4.89. The molecule has 0 radical (unpaired) electrons. The highest BCUT2D eigenvalue weighted by molar-refractivity contribution is 6.31. The maximum atomic E-state index is 10.0. The van der Waals surface area contributed by atoms with Crippen LogP contribution in [0.5, 0.6) is 0 Å². The number of aromatic nitrogens is 1. The number of aliphatic hydroxyl groups excluding tert-OH is 1. The van der Waals surface area contributed by atoms with Crippen molar-refractivity contribution in [2.24, 2.45) is 0 Å². The summed E-state index contributed by atoms with van der Waals surface area (Å²) >= 11 is 5.96. The van der Waals surface area contributed by atoms with Crippen molar-refractivity contribution in [3.05, 3.63) is 34.5 Å². The SMILES string of the molecule is Nc1c2c(nc3ccc(Cl)cc13)CCC[C@H]2O. The Labute approximate surface area is 104 Å². The van der Waals surface area contributed by atoms with Crippen LogP contribution in [0.15, 0.2) is 18.2 Å². The summed E-state index contributed by atoms with van der Waals surface area (Å²) in [5.41, 5.74) is 9.34. The molecule has 1 aromatic heterocycles. The summed E-state index contributed by atoms with van der Waals surface area (Å²) in [4.78, 5) is 4.57. The van der Waals surface area contributed by atoms with E-state index < -0.39 is 6.10 Å². The Balaban J connectivity index is 2.36. The van der Waals surface area contributed by atoms with Gasteiger partial charge in [-0.05, 0) is 37.5 Å². The Bertz CT molecular complexity index is 597. The number of anilines is 1. The number of benzene rings is 1. The van der Waals surface area contributed by atoms with Crippen molar-refractivity contribution in [1.82, 2.24) is 4.98 Å². The van der Waals surface area contributed by atoms with Gasteiger partial charge in [-0.25, -0.2) is 0 Å². The molecule has 4 heteroatoms. The fraction of sp³-hybridized carbons (Fsp3) is 0.308. The fourth-order valence-corrected chi connectivity index (χ4v) is 2.67. The van der Waals surface area contributed by atoms with Crippen LogP contribution in [-0.2, 0) is 6.42 Å². The van der Waals surface area contributed by atoms with Crippen LogP contribution in [0.3, 0.4) is 0 Å². The summed E-state index contributed by atoms with van der Waals surface area (Å²) in [5.74, 6) is 0. The molecule has 1 aliphatic rings. The molecule has 0 unspecified atom stereocenters. The summed E-state index contributed by atoms with van der Waals surface area (Å²) in [6.07, 6.45) is 2.11. The Morgan fingerprint density at radius 1 is 1.41 bits per heavy atom. The number of hydrogen-bond donors (Lipinski definition) is 2. The minimum atomic E-state index is -0.491. The first kappa shape index (κ1) is 10.8. The predicted molar refractivity (Wildman–Crippen MR) is 69.1 cm³/mol. The smallest absolute Gasteiger partial charge is 0.0828 e. The predicted octanol–water partition coefficient (Wildman–Crippen LogP) is 2.84. The van der Waals surface area contributed by atoms with Crippen molar-refractivity contribution in [3.63, 3.8) is 0 Å². The van der Waals surface area contributed by atoms with E-state index in [0.29, 0.717) is 10.7 Å². The van der Waals surface area contributed by atoms with Gasteiger partial charge in [0.15, 0.2) is 0 Å². The number of rotatable bonds is 0. The van der Waals surface area contributed by atoms with E-state index in [1.54, 1.807) is 6.07 Å². The second kappa shape index (κ2) is 3.86. The molecule has 3 N–H and O–H groups in total. The van der Waals surface area contributed by atoms with E-state index in [4.69, 9.17) is 17.3 Å². The quantitative estimate of drug-likeness (QED) is 0.754. The van der Waals surface area contributed by atoms with Gasteiger partial charge in [0.2, 0.25) is 0 Å². The lowest BCUT2D eigenvalue weighted by Crippen LogP contribution is -2.14. The van der Waals surface area contributed by atoms with Crippen LogP contribution in [-0.4, -0.2) is 10.1 Å². The van der Waals surface area contributed by atoms with Gasteiger partial charge in [-0.1, -0.05) is 11.6 Å². The van der Waals surface area contributed by atoms with Crippen molar-refractivity contribution in [1.29, 1.82) is 0 Å². The van der Waals surface area contributed by atoms with E-state index in [2.05, 4.69) is 4.98 Å². The average molecular weight is 249 g/mol. The van der Waals surface area contributed by atoms with Crippen LogP contribution in [0.4, 0.5) is 5.69 Å². The Morgan fingerprint density at radius 3 is 3.06 bits per heavy atom. The topological polar surface area (TPSA) is 59.1 Å². The molecule has 0 fully saturated rings. The van der Waals surface area contributed by atoms with Crippen LogP contribution in [0, 0.1) is 0 Å². The number of fused-ring (bicyclic) bond motifs is 2. The molecule has 1 atom stereocenters. The Morgan fingerprint density at radius 2 is 2.24 bits per heavy atom. The standard InChI is InChI=1S/C13H13ClN2O/c14-7-4-5-9-8(6-7)13(15)12-10(16-9)2-1-3-11(12)17/h4-6,11,17H,1-3H2,(H2,15,16)/t11-/m1/s1. The highest BCUT2D eigenvalue weighted by atomic mass is 35.5. The lowest BCUT2D eigenvalue weighted by Gasteiger charge is -2.23. The molecule has 0 amide bonds. The first-order valence-corrected chi connectivity index (χ1v) is 6.10. The number of pyridine rings is 1. The number of hydrogen-bond acceptors (Lipinski definition) is 3. The Hall–Kier alpha value is -1.32. The highest BCUT2D eigenvalue weighted by Crippen LogP contribution is 2.37. The summed E-state index contributed by atoms with van der Waals surface area (Å²) in [6.45, 7) is 0. The molecular weight excluding hydrogens is 236 g/mol. The van der Waals surface area contributed by atoms with Crippen molar-refractivity contribution in [3.8, 4) is 0 Å². The molecule has 2 aromatic rings. The largest absolute Gasteiger partial charge is 0.398 e. The van der Waals surface area contributed by atoms with E-state index in [9.17, 15) is 5.11 Å². The number of nitrogens with two attached hydrogens (primary N) is 1. The third kappa shape index (κ3) is 1.66. The summed E-state index contributed by atoms with van der Waals surface area (Å²) < 4.78 is 0. The van der Waals surface area contributed by atoms with E-state index >= 15 is 0 Å². The van der Waals surface area contributed by atoms with E-state index in [-0.39, 0.29) is 0 Å². The van der Waals surface area contributed by atoms with Gasteiger partial charge in [0.1, 0.15) is 0 Å². The highest BCUT2D eigenvalue weighted by Gasteiger charge is 2.23. The maximum Gasteiger partial charge on any atom is 0.0828 e. The van der Waals surface area contributed by atoms with Crippen molar-refractivity contribution in [2.75, 3.05) is 5.73 Å². The van der Waals surface area contributed by atoms with Crippen LogP contribution < -0.4 is 5.73 Å². The van der Waals surface area contributed by atoms with Gasteiger partial charge >= 0.3 is 0 Å². The van der Waals surface area contributed by atoms with E-state index in [1.165, 1.54) is 0 Å². The van der Waals surface area contributed by atoms with Gasteiger partial charge < -0.3 is 10.8 Å². The molecular formula is C13H13ClN2O. The molecule has 3 rings (SSSR count). The third-order valence-electron chi connectivity index (χ3n) is 3.33. The van der Waals surface area contributed by atoms with Gasteiger partial charge in [-0.15, -0.1) is 0 Å². The lowest BCUT2D eigenvalue weighted by molar-refractivity contribution is 0.156.